The molecule has 2 unspecified atom stereocenters. The fourth-order valence-corrected chi connectivity index (χ4v) is 3.20. The van der Waals surface area contributed by atoms with Gasteiger partial charge in [-0.3, -0.25) is 4.79 Å². The standard InChI is InChI=1S/C15H27NO/c1-3-5-7-16(8-6-4-2)15(17)14-10-12-9-13(12)11-14/h12-14H,3-11H2,1-2H3. The Kier molecular flexibility index (Phi) is 4.47. The number of carbonyl (C=O) groups is 1. The van der Waals surface area contributed by atoms with Gasteiger partial charge in [-0.1, -0.05) is 26.7 Å². The molecule has 2 rings (SSSR count). The van der Waals surface area contributed by atoms with Crippen molar-refractivity contribution in [2.75, 3.05) is 13.1 Å². The quantitative estimate of drug-likeness (QED) is 0.664. The maximum Gasteiger partial charge on any atom is 0.225 e. The van der Waals surface area contributed by atoms with Gasteiger partial charge in [0.1, 0.15) is 0 Å². The van der Waals surface area contributed by atoms with E-state index in [1.165, 1.54) is 32.1 Å². The number of rotatable bonds is 7. The molecule has 0 aliphatic heterocycles. The van der Waals surface area contributed by atoms with E-state index in [2.05, 4.69) is 18.7 Å². The molecule has 0 aromatic rings. The van der Waals surface area contributed by atoms with Gasteiger partial charge in [0.05, 0.1) is 0 Å². The monoisotopic (exact) mass is 237 g/mol. The van der Waals surface area contributed by atoms with Gasteiger partial charge in [0.2, 0.25) is 5.91 Å². The van der Waals surface area contributed by atoms with Crippen LogP contribution < -0.4 is 0 Å². The molecule has 0 aromatic heterocycles. The van der Waals surface area contributed by atoms with E-state index in [4.69, 9.17) is 0 Å². The van der Waals surface area contributed by atoms with Crippen molar-refractivity contribution in [1.29, 1.82) is 0 Å². The van der Waals surface area contributed by atoms with Crippen molar-refractivity contribution in [2.24, 2.45) is 17.8 Å². The van der Waals surface area contributed by atoms with Gasteiger partial charge in [-0.25, -0.2) is 0 Å². The Morgan fingerprint density at radius 3 is 2.00 bits per heavy atom. The van der Waals surface area contributed by atoms with E-state index < -0.39 is 0 Å². The number of hydrogen-bond donors (Lipinski definition) is 0. The molecule has 98 valence electrons. The molecule has 0 bridgehead atoms. The van der Waals surface area contributed by atoms with E-state index in [1.54, 1.807) is 0 Å². The number of fused-ring (bicyclic) bond motifs is 1. The average molecular weight is 237 g/mol. The highest BCUT2D eigenvalue weighted by atomic mass is 16.2. The summed E-state index contributed by atoms with van der Waals surface area (Å²) in [6.07, 6.45) is 8.49. The molecule has 0 aromatic carbocycles. The van der Waals surface area contributed by atoms with Crippen molar-refractivity contribution in [3.05, 3.63) is 0 Å². The molecular weight excluding hydrogens is 210 g/mol. The van der Waals surface area contributed by atoms with Crippen molar-refractivity contribution in [3.8, 4) is 0 Å². The molecule has 1 amide bonds. The molecule has 0 heterocycles. The predicted octanol–water partition coefficient (Wildman–Crippen LogP) is 3.46. The third kappa shape index (κ3) is 3.23. The lowest BCUT2D eigenvalue weighted by molar-refractivity contribution is -0.135. The molecule has 0 radical (unpaired) electrons. The molecular formula is C15H27NO. The number of nitrogens with zero attached hydrogens (tertiary/aromatic N) is 1. The summed E-state index contributed by atoms with van der Waals surface area (Å²) in [6, 6.07) is 0. The lowest BCUT2D eigenvalue weighted by Crippen LogP contribution is -2.37. The van der Waals surface area contributed by atoms with Crippen molar-refractivity contribution < 1.29 is 4.79 Å². The minimum atomic E-state index is 0.382. The third-order valence-corrected chi connectivity index (χ3v) is 4.47. The van der Waals surface area contributed by atoms with Gasteiger partial charge in [0.25, 0.3) is 0 Å². The van der Waals surface area contributed by atoms with Gasteiger partial charge in [-0.15, -0.1) is 0 Å². The maximum atomic E-state index is 12.4. The van der Waals surface area contributed by atoms with E-state index in [0.29, 0.717) is 11.8 Å². The van der Waals surface area contributed by atoms with E-state index in [0.717, 1.165) is 37.8 Å². The van der Waals surface area contributed by atoms with Crippen molar-refractivity contribution in [2.45, 2.75) is 58.8 Å². The zero-order valence-corrected chi connectivity index (χ0v) is 11.5. The van der Waals surface area contributed by atoms with Crippen LogP contribution >= 0.6 is 0 Å². The van der Waals surface area contributed by atoms with Crippen LogP contribution in [0.2, 0.25) is 0 Å². The second kappa shape index (κ2) is 5.88. The third-order valence-electron chi connectivity index (χ3n) is 4.47. The summed E-state index contributed by atoms with van der Waals surface area (Å²) < 4.78 is 0. The van der Waals surface area contributed by atoms with Gasteiger partial charge in [-0.05, 0) is 43.9 Å². The first-order valence-corrected chi connectivity index (χ1v) is 7.55. The maximum absolute atomic E-state index is 12.4. The Morgan fingerprint density at radius 1 is 1.00 bits per heavy atom. The van der Waals surface area contributed by atoms with E-state index >= 15 is 0 Å². The number of hydrogen-bond acceptors (Lipinski definition) is 1. The molecule has 2 aliphatic rings. The van der Waals surface area contributed by atoms with Crippen LogP contribution in [0.3, 0.4) is 0 Å². The zero-order chi connectivity index (χ0) is 12.3. The molecule has 0 saturated heterocycles. The average Bonchev–Trinajstić information content (AvgIpc) is 2.96. The summed E-state index contributed by atoms with van der Waals surface area (Å²) in [5.41, 5.74) is 0. The number of amides is 1. The van der Waals surface area contributed by atoms with Crippen LogP contribution in [0, 0.1) is 17.8 Å². The minimum absolute atomic E-state index is 0.382. The van der Waals surface area contributed by atoms with Crippen LogP contribution in [0.5, 0.6) is 0 Å². The largest absolute Gasteiger partial charge is 0.342 e. The van der Waals surface area contributed by atoms with Crippen LogP contribution in [0.4, 0.5) is 0 Å². The Labute approximate surface area is 106 Å². The molecule has 2 fully saturated rings. The van der Waals surface area contributed by atoms with Crippen LogP contribution in [0.15, 0.2) is 0 Å². The smallest absolute Gasteiger partial charge is 0.225 e. The van der Waals surface area contributed by atoms with Crippen LogP contribution in [-0.2, 0) is 4.79 Å². The van der Waals surface area contributed by atoms with E-state index in [1.807, 2.05) is 0 Å². The second-order valence-corrected chi connectivity index (χ2v) is 5.96. The van der Waals surface area contributed by atoms with Gasteiger partial charge >= 0.3 is 0 Å². The molecule has 2 nitrogen and oxygen atoms in total. The van der Waals surface area contributed by atoms with E-state index in [-0.39, 0.29) is 0 Å². The highest BCUT2D eigenvalue weighted by molar-refractivity contribution is 5.79. The molecule has 2 atom stereocenters. The van der Waals surface area contributed by atoms with Crippen molar-refractivity contribution in [1.82, 2.24) is 4.90 Å². The molecule has 0 spiro atoms. The number of carbonyl (C=O) groups excluding carboxylic acids is 1. The zero-order valence-electron chi connectivity index (χ0n) is 11.5. The van der Waals surface area contributed by atoms with Gasteiger partial charge in [0.15, 0.2) is 0 Å². The summed E-state index contributed by atoms with van der Waals surface area (Å²) in [5.74, 6) is 2.69. The van der Waals surface area contributed by atoms with Gasteiger partial charge in [-0.2, -0.15) is 0 Å². The fraction of sp³-hybridized carbons (Fsp3) is 0.933. The normalized spacial score (nSPS) is 30.1. The SMILES string of the molecule is CCCCN(CCCC)C(=O)C1CC2CC2C1. The lowest BCUT2D eigenvalue weighted by atomic mass is 10.0. The van der Waals surface area contributed by atoms with E-state index in [9.17, 15) is 4.79 Å². The first-order valence-electron chi connectivity index (χ1n) is 7.55. The minimum Gasteiger partial charge on any atom is -0.342 e. The first-order chi connectivity index (χ1) is 8.26. The van der Waals surface area contributed by atoms with Crippen molar-refractivity contribution >= 4 is 5.91 Å². The molecule has 17 heavy (non-hydrogen) atoms. The molecule has 2 saturated carbocycles. The summed E-state index contributed by atoms with van der Waals surface area (Å²) in [6.45, 7) is 6.38. The lowest BCUT2D eigenvalue weighted by Gasteiger charge is -2.26. The molecule has 2 heteroatoms. The molecule has 0 N–H and O–H groups in total. The first kappa shape index (κ1) is 12.9. The Morgan fingerprint density at radius 2 is 1.53 bits per heavy atom. The Bertz CT molecular complexity index is 246. The predicted molar refractivity (Wildman–Crippen MR) is 70.7 cm³/mol. The Balaban J connectivity index is 1.82. The highest BCUT2D eigenvalue weighted by Crippen LogP contribution is 2.54. The van der Waals surface area contributed by atoms with Crippen molar-refractivity contribution in [3.63, 3.8) is 0 Å². The van der Waals surface area contributed by atoms with Crippen LogP contribution in [0.25, 0.3) is 0 Å². The van der Waals surface area contributed by atoms with Crippen LogP contribution in [0.1, 0.15) is 58.8 Å². The summed E-state index contributed by atoms with van der Waals surface area (Å²) in [5, 5.41) is 0. The highest BCUT2D eigenvalue weighted by Gasteiger charge is 2.48. The second-order valence-electron chi connectivity index (χ2n) is 5.96. The summed E-state index contributed by atoms with van der Waals surface area (Å²) in [7, 11) is 0. The summed E-state index contributed by atoms with van der Waals surface area (Å²) in [4.78, 5) is 14.6. The number of unbranched alkanes of at least 4 members (excludes halogenated alkanes) is 2. The summed E-state index contributed by atoms with van der Waals surface area (Å²) >= 11 is 0. The van der Waals surface area contributed by atoms with Gasteiger partial charge in [0, 0.05) is 19.0 Å². The Hall–Kier alpha value is -0.530. The fourth-order valence-electron chi connectivity index (χ4n) is 3.20. The topological polar surface area (TPSA) is 20.3 Å². The van der Waals surface area contributed by atoms with Crippen LogP contribution in [-0.4, -0.2) is 23.9 Å². The van der Waals surface area contributed by atoms with Gasteiger partial charge < -0.3 is 4.90 Å². The molecule has 2 aliphatic carbocycles.